The van der Waals surface area contributed by atoms with E-state index in [0.717, 1.165) is 4.90 Å². The highest BCUT2D eigenvalue weighted by Gasteiger charge is 2.30. The predicted molar refractivity (Wildman–Crippen MR) is 74.3 cm³/mol. The van der Waals surface area contributed by atoms with Crippen molar-refractivity contribution in [3.63, 3.8) is 0 Å². The van der Waals surface area contributed by atoms with Crippen LogP contribution in [0.1, 0.15) is 12.8 Å². The van der Waals surface area contributed by atoms with Gasteiger partial charge in [0.25, 0.3) is 0 Å². The maximum Gasteiger partial charge on any atom is 0.322 e. The summed E-state index contributed by atoms with van der Waals surface area (Å²) >= 11 is 0. The fourth-order valence-electron chi connectivity index (χ4n) is 2.11. The number of halogens is 1. The van der Waals surface area contributed by atoms with Crippen molar-refractivity contribution in [3.05, 3.63) is 30.1 Å². The molecule has 0 saturated carbocycles. The first-order valence-corrected chi connectivity index (χ1v) is 6.75. The molecule has 1 aromatic heterocycles. The van der Waals surface area contributed by atoms with Gasteiger partial charge in [-0.25, -0.2) is 4.39 Å². The predicted octanol–water partition coefficient (Wildman–Crippen LogP) is 0.963. The number of benzene rings is 1. The summed E-state index contributed by atoms with van der Waals surface area (Å²) in [7, 11) is 0. The highest BCUT2D eigenvalue weighted by Crippen LogP contribution is 2.20. The van der Waals surface area contributed by atoms with Crippen LogP contribution in [0.2, 0.25) is 0 Å². The number of likely N-dealkylation sites (tertiary alicyclic amines) is 1. The number of rotatable bonds is 4. The molecule has 0 aliphatic carbocycles. The molecule has 1 aliphatic rings. The van der Waals surface area contributed by atoms with E-state index < -0.39 is 30.1 Å². The van der Waals surface area contributed by atoms with Gasteiger partial charge in [0.05, 0.1) is 0 Å². The molecule has 23 heavy (non-hydrogen) atoms. The molecule has 1 N–H and O–H groups in total. The van der Waals surface area contributed by atoms with Crippen molar-refractivity contribution in [2.45, 2.75) is 12.8 Å². The number of aromatic nitrogens is 2. The zero-order chi connectivity index (χ0) is 16.4. The van der Waals surface area contributed by atoms with E-state index in [1.807, 2.05) is 0 Å². The van der Waals surface area contributed by atoms with Gasteiger partial charge in [-0.3, -0.25) is 24.6 Å². The number of amides is 3. The van der Waals surface area contributed by atoms with Gasteiger partial charge in [-0.15, -0.1) is 5.10 Å². The largest absolute Gasteiger partial charge is 0.403 e. The van der Waals surface area contributed by atoms with Gasteiger partial charge in [0.2, 0.25) is 23.6 Å². The second-order valence-electron chi connectivity index (χ2n) is 4.84. The van der Waals surface area contributed by atoms with Gasteiger partial charge >= 0.3 is 6.01 Å². The van der Waals surface area contributed by atoms with Crippen molar-refractivity contribution in [1.82, 2.24) is 15.1 Å². The fraction of sp³-hybridized carbons (Fsp3) is 0.214. The van der Waals surface area contributed by atoms with Crippen molar-refractivity contribution in [2.75, 3.05) is 11.9 Å². The average molecular weight is 318 g/mol. The van der Waals surface area contributed by atoms with Crippen molar-refractivity contribution in [2.24, 2.45) is 0 Å². The Balaban J connectivity index is 1.66. The van der Waals surface area contributed by atoms with Crippen LogP contribution in [-0.4, -0.2) is 39.4 Å². The van der Waals surface area contributed by atoms with Crippen molar-refractivity contribution < 1.29 is 23.2 Å². The number of anilines is 1. The molecular formula is C14H11FN4O4. The molecule has 9 heteroatoms. The van der Waals surface area contributed by atoms with Gasteiger partial charge in [0.15, 0.2) is 0 Å². The zero-order valence-corrected chi connectivity index (χ0v) is 11.8. The number of nitrogens with one attached hydrogen (secondary N) is 1. The van der Waals surface area contributed by atoms with E-state index in [2.05, 4.69) is 15.5 Å². The summed E-state index contributed by atoms with van der Waals surface area (Å²) in [6.07, 6.45) is 0.215. The van der Waals surface area contributed by atoms with E-state index in [9.17, 15) is 18.8 Å². The van der Waals surface area contributed by atoms with Crippen molar-refractivity contribution in [1.29, 1.82) is 0 Å². The molecule has 0 atom stereocenters. The summed E-state index contributed by atoms with van der Waals surface area (Å²) in [6.45, 7) is -0.407. The third-order valence-electron chi connectivity index (χ3n) is 3.20. The van der Waals surface area contributed by atoms with E-state index >= 15 is 0 Å². The van der Waals surface area contributed by atoms with Crippen LogP contribution >= 0.6 is 0 Å². The molecule has 118 valence electrons. The Morgan fingerprint density at radius 3 is 2.70 bits per heavy atom. The van der Waals surface area contributed by atoms with Gasteiger partial charge in [-0.1, -0.05) is 11.2 Å². The molecule has 3 rings (SSSR count). The van der Waals surface area contributed by atoms with Crippen molar-refractivity contribution >= 4 is 23.7 Å². The van der Waals surface area contributed by atoms with Crippen LogP contribution in [0.25, 0.3) is 11.5 Å². The summed E-state index contributed by atoms with van der Waals surface area (Å²) in [6, 6.07) is 5.34. The fourth-order valence-corrected chi connectivity index (χ4v) is 2.11. The van der Waals surface area contributed by atoms with E-state index in [1.165, 1.54) is 18.2 Å². The average Bonchev–Trinajstić information content (AvgIpc) is 3.09. The molecule has 8 nitrogen and oxygen atoms in total. The Labute approximate surface area is 129 Å². The second-order valence-corrected chi connectivity index (χ2v) is 4.84. The number of carbonyl (C=O) groups is 3. The quantitative estimate of drug-likeness (QED) is 0.842. The molecule has 0 radical (unpaired) electrons. The monoisotopic (exact) mass is 318 g/mol. The molecule has 2 heterocycles. The Hall–Kier alpha value is -3.10. The molecule has 0 bridgehead atoms. The topological polar surface area (TPSA) is 105 Å². The third-order valence-corrected chi connectivity index (χ3v) is 3.20. The van der Waals surface area contributed by atoms with Crippen LogP contribution in [0.15, 0.2) is 28.7 Å². The third kappa shape index (κ3) is 3.23. The summed E-state index contributed by atoms with van der Waals surface area (Å²) < 4.78 is 18.3. The van der Waals surface area contributed by atoms with Crippen molar-refractivity contribution in [3.8, 4) is 11.5 Å². The number of imide groups is 1. The Morgan fingerprint density at radius 1 is 1.26 bits per heavy atom. The molecule has 1 saturated heterocycles. The van der Waals surface area contributed by atoms with Gasteiger partial charge in [0.1, 0.15) is 12.4 Å². The maximum absolute atomic E-state index is 13.1. The first-order valence-electron chi connectivity index (χ1n) is 6.75. The Bertz CT molecular complexity index is 773. The van der Waals surface area contributed by atoms with E-state index in [4.69, 9.17) is 4.42 Å². The minimum absolute atomic E-state index is 0.0353. The molecule has 3 amide bonds. The normalized spacial score (nSPS) is 14.4. The van der Waals surface area contributed by atoms with Gasteiger partial charge in [0, 0.05) is 18.4 Å². The lowest BCUT2D eigenvalue weighted by molar-refractivity contribution is -0.141. The molecule has 0 spiro atoms. The number of nitrogens with zero attached hydrogens (tertiary/aromatic N) is 3. The minimum atomic E-state index is -0.636. The highest BCUT2D eigenvalue weighted by atomic mass is 19.1. The van der Waals surface area contributed by atoms with Gasteiger partial charge in [-0.2, -0.15) is 0 Å². The lowest BCUT2D eigenvalue weighted by atomic mass is 10.2. The highest BCUT2D eigenvalue weighted by molar-refractivity contribution is 6.05. The van der Waals surface area contributed by atoms with Crippen LogP contribution in [0.5, 0.6) is 0 Å². The summed E-state index contributed by atoms with van der Waals surface area (Å²) in [5.74, 6) is -1.85. The van der Waals surface area contributed by atoms with Crippen LogP contribution in [0.3, 0.4) is 0 Å². The smallest absolute Gasteiger partial charge is 0.322 e. The maximum atomic E-state index is 13.1. The van der Waals surface area contributed by atoms with Gasteiger partial charge in [-0.05, 0) is 18.2 Å². The summed E-state index contributed by atoms with van der Waals surface area (Å²) in [5, 5.41) is 9.61. The van der Waals surface area contributed by atoms with Crippen LogP contribution in [-0.2, 0) is 14.4 Å². The first-order chi connectivity index (χ1) is 11.0. The Kier molecular flexibility index (Phi) is 3.83. The van der Waals surface area contributed by atoms with E-state index in [0.29, 0.717) is 5.56 Å². The molecule has 1 aromatic carbocycles. The second kappa shape index (κ2) is 5.95. The lowest BCUT2D eigenvalue weighted by Gasteiger charge is -2.11. The number of hydrogen-bond donors (Lipinski definition) is 1. The van der Waals surface area contributed by atoms with Crippen LogP contribution in [0.4, 0.5) is 10.4 Å². The Morgan fingerprint density at radius 2 is 2.00 bits per heavy atom. The minimum Gasteiger partial charge on any atom is -0.403 e. The zero-order valence-electron chi connectivity index (χ0n) is 11.8. The summed E-state index contributed by atoms with van der Waals surface area (Å²) in [5.41, 5.74) is 0.364. The van der Waals surface area contributed by atoms with Gasteiger partial charge < -0.3 is 4.42 Å². The molecule has 1 aliphatic heterocycles. The summed E-state index contributed by atoms with van der Waals surface area (Å²) in [4.78, 5) is 35.6. The standard InChI is InChI=1S/C14H11FN4O4/c15-9-3-1-2-8(6-9)13-17-18-14(23-13)16-10(20)7-19-11(21)4-5-12(19)22/h1-3,6H,4-5,7H2,(H,16,18,20). The SMILES string of the molecule is O=C(CN1C(=O)CCC1=O)Nc1nnc(-c2cccc(F)c2)o1. The van der Waals surface area contributed by atoms with Crippen LogP contribution < -0.4 is 5.32 Å². The number of hydrogen-bond acceptors (Lipinski definition) is 6. The molecule has 1 fully saturated rings. The first kappa shape index (κ1) is 14.8. The molecule has 2 aromatic rings. The molecular weight excluding hydrogens is 307 g/mol. The lowest BCUT2D eigenvalue weighted by Crippen LogP contribution is -2.36. The van der Waals surface area contributed by atoms with Crippen LogP contribution in [0, 0.1) is 5.82 Å². The number of carbonyl (C=O) groups excluding carboxylic acids is 3. The van der Waals surface area contributed by atoms with E-state index in [1.54, 1.807) is 6.07 Å². The molecule has 0 unspecified atom stereocenters. The van der Waals surface area contributed by atoms with E-state index in [-0.39, 0.29) is 24.7 Å².